The van der Waals surface area contributed by atoms with Crippen LogP contribution in [0.2, 0.25) is 5.02 Å². The van der Waals surface area contributed by atoms with Gasteiger partial charge in [-0.15, -0.1) is 0 Å². The van der Waals surface area contributed by atoms with E-state index in [2.05, 4.69) is 10.2 Å². The average Bonchev–Trinajstić information content (AvgIpc) is 3.47. The third-order valence-electron chi connectivity index (χ3n) is 4.41. The number of hydrogen-bond donors (Lipinski definition) is 1. The van der Waals surface area contributed by atoms with Crippen LogP contribution >= 0.6 is 11.6 Å². The van der Waals surface area contributed by atoms with Crippen LogP contribution in [0.3, 0.4) is 0 Å². The van der Waals surface area contributed by atoms with Gasteiger partial charge in [0.25, 0.3) is 0 Å². The Morgan fingerprint density at radius 2 is 1.88 bits per heavy atom. The fourth-order valence-electron chi connectivity index (χ4n) is 2.94. The number of nitrogens with one attached hydrogen (secondary N) is 1. The van der Waals surface area contributed by atoms with Crippen molar-refractivity contribution in [2.45, 2.75) is 25.4 Å². The molecule has 6 heteroatoms. The van der Waals surface area contributed by atoms with Crippen LogP contribution < -0.4 is 14.8 Å². The Labute approximate surface area is 158 Å². The Bertz CT molecular complexity index is 777. The highest BCUT2D eigenvalue weighted by Gasteiger charge is 2.30. The Kier molecular flexibility index (Phi) is 6.01. The topological polar surface area (TPSA) is 50.8 Å². The Balaban J connectivity index is 1.64. The first-order valence-corrected chi connectivity index (χ1v) is 8.98. The van der Waals surface area contributed by atoms with Crippen LogP contribution in [-0.4, -0.2) is 37.6 Å². The molecular weight excluding hydrogens is 352 g/mol. The minimum Gasteiger partial charge on any atom is -0.496 e. The van der Waals surface area contributed by atoms with E-state index in [1.54, 1.807) is 32.4 Å². The first kappa shape index (κ1) is 18.5. The molecule has 2 aromatic rings. The van der Waals surface area contributed by atoms with E-state index in [1.807, 2.05) is 24.3 Å². The molecule has 26 heavy (non-hydrogen) atoms. The van der Waals surface area contributed by atoms with Crippen molar-refractivity contribution in [2.24, 2.45) is 0 Å². The van der Waals surface area contributed by atoms with Gasteiger partial charge in [-0.2, -0.15) is 0 Å². The number of anilines is 1. The number of halogens is 1. The van der Waals surface area contributed by atoms with Crippen molar-refractivity contribution in [2.75, 3.05) is 26.1 Å². The number of rotatable bonds is 8. The minimum absolute atomic E-state index is 0.0620. The van der Waals surface area contributed by atoms with E-state index >= 15 is 0 Å². The van der Waals surface area contributed by atoms with Crippen molar-refractivity contribution < 1.29 is 14.3 Å². The average molecular weight is 375 g/mol. The van der Waals surface area contributed by atoms with Crippen molar-refractivity contribution >= 4 is 23.2 Å². The van der Waals surface area contributed by atoms with Gasteiger partial charge in [0.05, 0.1) is 25.8 Å². The van der Waals surface area contributed by atoms with Gasteiger partial charge in [-0.1, -0.05) is 29.8 Å². The molecule has 1 N–H and O–H groups in total. The Morgan fingerprint density at radius 3 is 2.54 bits per heavy atom. The van der Waals surface area contributed by atoms with E-state index in [4.69, 9.17) is 21.1 Å². The van der Waals surface area contributed by atoms with E-state index in [0.29, 0.717) is 35.6 Å². The molecule has 1 fully saturated rings. The van der Waals surface area contributed by atoms with Gasteiger partial charge in [0.1, 0.15) is 11.5 Å². The molecule has 1 saturated carbocycles. The number of nitrogens with zero attached hydrogens (tertiary/aromatic N) is 1. The zero-order valence-corrected chi connectivity index (χ0v) is 15.8. The summed E-state index contributed by atoms with van der Waals surface area (Å²) in [5.74, 6) is 1.37. The first-order chi connectivity index (χ1) is 12.6. The number of benzene rings is 2. The smallest absolute Gasteiger partial charge is 0.238 e. The molecule has 0 spiro atoms. The van der Waals surface area contributed by atoms with Gasteiger partial charge in [-0.05, 0) is 37.1 Å². The van der Waals surface area contributed by atoms with Crippen LogP contribution in [0.5, 0.6) is 11.5 Å². The molecule has 2 aromatic carbocycles. The van der Waals surface area contributed by atoms with Crippen molar-refractivity contribution in [3.05, 3.63) is 53.1 Å². The lowest BCUT2D eigenvalue weighted by Gasteiger charge is -2.22. The zero-order valence-electron chi connectivity index (χ0n) is 15.0. The molecule has 0 radical (unpaired) electrons. The normalized spacial score (nSPS) is 13.5. The minimum atomic E-state index is -0.0620. The number of amides is 1. The Hall–Kier alpha value is -2.24. The van der Waals surface area contributed by atoms with Gasteiger partial charge in [-0.3, -0.25) is 9.69 Å². The van der Waals surface area contributed by atoms with Crippen LogP contribution in [0.4, 0.5) is 5.69 Å². The fourth-order valence-corrected chi connectivity index (χ4v) is 3.19. The van der Waals surface area contributed by atoms with Gasteiger partial charge in [-0.25, -0.2) is 0 Å². The lowest BCUT2D eigenvalue weighted by atomic mass is 10.2. The van der Waals surface area contributed by atoms with Crippen LogP contribution in [0.1, 0.15) is 18.4 Å². The summed E-state index contributed by atoms with van der Waals surface area (Å²) in [6, 6.07) is 13.6. The van der Waals surface area contributed by atoms with E-state index in [1.165, 1.54) is 0 Å². The number of carbonyl (C=O) groups is 1. The Morgan fingerprint density at radius 1 is 1.15 bits per heavy atom. The molecule has 0 saturated heterocycles. The highest BCUT2D eigenvalue weighted by Crippen LogP contribution is 2.31. The summed E-state index contributed by atoms with van der Waals surface area (Å²) in [7, 11) is 3.23. The number of carbonyl (C=O) groups excluding carboxylic acids is 1. The quantitative estimate of drug-likeness (QED) is 0.759. The molecule has 0 aromatic heterocycles. The lowest BCUT2D eigenvalue weighted by molar-refractivity contribution is -0.117. The van der Waals surface area contributed by atoms with Crippen LogP contribution in [0.15, 0.2) is 42.5 Å². The van der Waals surface area contributed by atoms with Crippen LogP contribution in [-0.2, 0) is 11.3 Å². The van der Waals surface area contributed by atoms with Gasteiger partial charge in [0, 0.05) is 23.8 Å². The third-order valence-corrected chi connectivity index (χ3v) is 4.71. The fraction of sp³-hybridized carbons (Fsp3) is 0.350. The first-order valence-electron chi connectivity index (χ1n) is 8.60. The van der Waals surface area contributed by atoms with Crippen LogP contribution in [0, 0.1) is 0 Å². The van der Waals surface area contributed by atoms with E-state index in [0.717, 1.165) is 24.2 Å². The molecule has 5 nitrogen and oxygen atoms in total. The second kappa shape index (κ2) is 8.43. The van der Waals surface area contributed by atoms with E-state index in [-0.39, 0.29) is 5.91 Å². The summed E-state index contributed by atoms with van der Waals surface area (Å²) in [6.07, 6.45) is 2.24. The maximum Gasteiger partial charge on any atom is 0.238 e. The highest BCUT2D eigenvalue weighted by molar-refractivity contribution is 6.32. The van der Waals surface area contributed by atoms with Crippen LogP contribution in [0.25, 0.3) is 0 Å². The maximum atomic E-state index is 12.5. The molecule has 0 unspecified atom stereocenters. The third kappa shape index (κ3) is 4.68. The van der Waals surface area contributed by atoms with Gasteiger partial charge in [0.15, 0.2) is 0 Å². The summed E-state index contributed by atoms with van der Waals surface area (Å²) in [6.45, 7) is 1.01. The molecule has 3 rings (SSSR count). The summed E-state index contributed by atoms with van der Waals surface area (Å²) in [5.41, 5.74) is 1.75. The molecule has 1 aliphatic rings. The number of methoxy groups -OCH3 is 2. The number of para-hydroxylation sites is 1. The molecule has 1 aliphatic carbocycles. The molecule has 0 heterocycles. The lowest BCUT2D eigenvalue weighted by Crippen LogP contribution is -2.34. The monoisotopic (exact) mass is 374 g/mol. The summed E-state index contributed by atoms with van der Waals surface area (Å²) in [5, 5.41) is 3.38. The summed E-state index contributed by atoms with van der Waals surface area (Å²) < 4.78 is 10.6. The molecule has 1 amide bonds. The van der Waals surface area contributed by atoms with E-state index in [9.17, 15) is 4.79 Å². The predicted molar refractivity (Wildman–Crippen MR) is 103 cm³/mol. The molecule has 0 aliphatic heterocycles. The number of ether oxygens (including phenoxy) is 2. The standard InChI is InChI=1S/C20H23ClN2O3/c1-25-18-6-4-3-5-14(18)12-23(16-8-9-16)13-20(24)22-15-7-10-19(26-2)17(21)11-15/h3-7,10-11,16H,8-9,12-13H2,1-2H3,(H,22,24). The molecule has 0 bridgehead atoms. The van der Waals surface area contributed by atoms with Gasteiger partial charge >= 0.3 is 0 Å². The van der Waals surface area contributed by atoms with Crippen molar-refractivity contribution in [3.63, 3.8) is 0 Å². The largest absolute Gasteiger partial charge is 0.496 e. The molecule has 0 atom stereocenters. The molecule has 138 valence electrons. The highest BCUT2D eigenvalue weighted by atomic mass is 35.5. The second-order valence-electron chi connectivity index (χ2n) is 6.35. The predicted octanol–water partition coefficient (Wildman–Crippen LogP) is 3.96. The van der Waals surface area contributed by atoms with Gasteiger partial charge in [0.2, 0.25) is 5.91 Å². The van der Waals surface area contributed by atoms with Gasteiger partial charge < -0.3 is 14.8 Å². The van der Waals surface area contributed by atoms with Crippen molar-refractivity contribution in [1.82, 2.24) is 4.90 Å². The summed E-state index contributed by atoms with van der Waals surface area (Å²) >= 11 is 6.12. The SMILES string of the molecule is COc1ccc(NC(=O)CN(Cc2ccccc2OC)C2CC2)cc1Cl. The van der Waals surface area contributed by atoms with Crippen molar-refractivity contribution in [1.29, 1.82) is 0 Å². The van der Waals surface area contributed by atoms with Crippen molar-refractivity contribution in [3.8, 4) is 11.5 Å². The number of hydrogen-bond acceptors (Lipinski definition) is 4. The zero-order chi connectivity index (χ0) is 18.5. The maximum absolute atomic E-state index is 12.5. The second-order valence-corrected chi connectivity index (χ2v) is 6.75. The molecular formula is C20H23ClN2O3. The van der Waals surface area contributed by atoms with E-state index < -0.39 is 0 Å². The summed E-state index contributed by atoms with van der Waals surface area (Å²) in [4.78, 5) is 14.7.